The first kappa shape index (κ1) is 21.5. The van der Waals surface area contributed by atoms with E-state index in [2.05, 4.69) is 28.1 Å². The minimum absolute atomic E-state index is 0. The van der Waals surface area contributed by atoms with Gasteiger partial charge in [0.25, 0.3) is 0 Å². The van der Waals surface area contributed by atoms with E-state index in [0.717, 1.165) is 24.9 Å². The molecule has 0 radical (unpaired) electrons. The fraction of sp³-hybridized carbons (Fsp3) is 0.900. The molecule has 0 spiro atoms. The zero-order valence-electron chi connectivity index (χ0n) is 16.0. The molecule has 0 amide bonds. The SMILES string of the molecule is C1=CC[N-]C1.C1CC(CC2CCC(CC3CCNCC3)[N-]2)CCN1.[Zn+2]. The zero-order chi connectivity index (χ0) is 16.5. The summed E-state index contributed by atoms with van der Waals surface area (Å²) >= 11 is 0. The van der Waals surface area contributed by atoms with Crippen molar-refractivity contribution in [2.24, 2.45) is 11.8 Å². The molecule has 2 unspecified atom stereocenters. The summed E-state index contributed by atoms with van der Waals surface area (Å²) in [4.78, 5) is 0. The van der Waals surface area contributed by atoms with Crippen molar-refractivity contribution in [1.29, 1.82) is 0 Å². The minimum Gasteiger partial charge on any atom is -0.657 e. The van der Waals surface area contributed by atoms with E-state index in [-0.39, 0.29) is 19.5 Å². The molecule has 0 aromatic carbocycles. The van der Waals surface area contributed by atoms with Gasteiger partial charge in [-0.3, -0.25) is 0 Å². The van der Waals surface area contributed by atoms with Gasteiger partial charge in [0.2, 0.25) is 0 Å². The smallest absolute Gasteiger partial charge is 0.657 e. The molecule has 4 heterocycles. The van der Waals surface area contributed by atoms with E-state index in [0.29, 0.717) is 12.1 Å². The quantitative estimate of drug-likeness (QED) is 0.562. The summed E-state index contributed by atoms with van der Waals surface area (Å²) < 4.78 is 0. The van der Waals surface area contributed by atoms with Gasteiger partial charge in [0.1, 0.15) is 0 Å². The van der Waals surface area contributed by atoms with Crippen LogP contribution in [0.2, 0.25) is 0 Å². The van der Waals surface area contributed by atoms with Crippen molar-refractivity contribution in [3.05, 3.63) is 22.8 Å². The Morgan fingerprint density at radius 3 is 1.48 bits per heavy atom. The fourth-order valence-electron chi connectivity index (χ4n) is 4.57. The molecule has 5 heteroatoms. The van der Waals surface area contributed by atoms with Gasteiger partial charge < -0.3 is 21.3 Å². The van der Waals surface area contributed by atoms with E-state index in [9.17, 15) is 0 Å². The second kappa shape index (κ2) is 12.6. The summed E-state index contributed by atoms with van der Waals surface area (Å²) in [6.07, 6.45) is 15.2. The van der Waals surface area contributed by atoms with Gasteiger partial charge >= 0.3 is 19.5 Å². The molecule has 4 nitrogen and oxygen atoms in total. The molecule has 4 rings (SSSR count). The fourth-order valence-corrected chi connectivity index (χ4v) is 4.57. The van der Waals surface area contributed by atoms with E-state index in [1.54, 1.807) is 0 Å². The van der Waals surface area contributed by atoms with Gasteiger partial charge in [-0.25, -0.2) is 0 Å². The molecule has 0 aromatic rings. The normalized spacial score (nSPS) is 30.6. The van der Waals surface area contributed by atoms with Crippen LogP contribution in [0.3, 0.4) is 0 Å². The van der Waals surface area contributed by atoms with Crippen LogP contribution in [0.15, 0.2) is 12.2 Å². The van der Waals surface area contributed by atoms with Crippen LogP contribution in [0, 0.1) is 11.8 Å². The molecule has 4 aliphatic rings. The zero-order valence-corrected chi connectivity index (χ0v) is 18.9. The molecule has 3 fully saturated rings. The molecule has 0 bridgehead atoms. The summed E-state index contributed by atoms with van der Waals surface area (Å²) in [7, 11) is 0. The van der Waals surface area contributed by atoms with Gasteiger partial charge in [-0.05, 0) is 63.7 Å². The molecular formula is C20H36N4Zn. The Balaban J connectivity index is 0.000000325. The van der Waals surface area contributed by atoms with E-state index in [1.807, 2.05) is 0 Å². The maximum Gasteiger partial charge on any atom is 2.00 e. The van der Waals surface area contributed by atoms with E-state index >= 15 is 0 Å². The van der Waals surface area contributed by atoms with E-state index in [1.165, 1.54) is 77.5 Å². The Bertz CT molecular complexity index is 333. The molecule has 2 atom stereocenters. The van der Waals surface area contributed by atoms with Gasteiger partial charge in [0.05, 0.1) is 0 Å². The van der Waals surface area contributed by atoms with Gasteiger partial charge in [0.15, 0.2) is 0 Å². The van der Waals surface area contributed by atoms with Gasteiger partial charge in [-0.1, -0.05) is 25.7 Å². The topological polar surface area (TPSA) is 52.3 Å². The molecule has 3 saturated heterocycles. The molecule has 138 valence electrons. The molecule has 25 heavy (non-hydrogen) atoms. The minimum atomic E-state index is 0. The van der Waals surface area contributed by atoms with Crippen molar-refractivity contribution in [1.82, 2.24) is 10.6 Å². The number of rotatable bonds is 4. The van der Waals surface area contributed by atoms with E-state index in [4.69, 9.17) is 5.32 Å². The molecule has 2 N–H and O–H groups in total. The van der Waals surface area contributed by atoms with Crippen LogP contribution >= 0.6 is 0 Å². The first-order chi connectivity index (χ1) is 11.9. The largest absolute Gasteiger partial charge is 2.00 e. The molecule has 0 saturated carbocycles. The first-order valence-corrected chi connectivity index (χ1v) is 10.3. The predicted molar refractivity (Wildman–Crippen MR) is 103 cm³/mol. The Morgan fingerprint density at radius 1 is 0.680 bits per heavy atom. The molecule has 0 aliphatic carbocycles. The molecule has 4 aliphatic heterocycles. The van der Waals surface area contributed by atoms with Crippen molar-refractivity contribution in [3.63, 3.8) is 0 Å². The van der Waals surface area contributed by atoms with Crippen LogP contribution in [0.1, 0.15) is 51.4 Å². The maximum atomic E-state index is 5.14. The monoisotopic (exact) mass is 396 g/mol. The van der Waals surface area contributed by atoms with Crippen molar-refractivity contribution in [2.75, 3.05) is 39.3 Å². The van der Waals surface area contributed by atoms with Crippen LogP contribution in [-0.4, -0.2) is 51.4 Å². The Morgan fingerprint density at radius 2 is 1.12 bits per heavy atom. The number of nitrogens with one attached hydrogen (secondary N) is 2. The number of piperidine rings is 2. The summed E-state index contributed by atoms with van der Waals surface area (Å²) in [5.74, 6) is 1.90. The van der Waals surface area contributed by atoms with Gasteiger partial charge in [0, 0.05) is 0 Å². The second-order valence-electron chi connectivity index (χ2n) is 7.95. The number of hydrogen-bond acceptors (Lipinski definition) is 2. The Kier molecular flexibility index (Phi) is 10.8. The van der Waals surface area contributed by atoms with Gasteiger partial charge in [-0.15, -0.1) is 37.3 Å². The van der Waals surface area contributed by atoms with Crippen molar-refractivity contribution in [2.45, 2.75) is 63.5 Å². The van der Waals surface area contributed by atoms with E-state index < -0.39 is 0 Å². The standard InChI is InChI=1S/C16H30N3.C4H6N.Zn/c1-2-16(12-14-5-9-18-10-6-14)19-15(1)11-13-3-7-17-8-4-13;1-2-4-5-3-1;/h13-18H,1-12H2;1-2H,3-4H2;/q2*-1;+2. The number of nitrogens with zero attached hydrogens (tertiary/aromatic N) is 2. The maximum absolute atomic E-state index is 5.14. The summed E-state index contributed by atoms with van der Waals surface area (Å²) in [6.45, 7) is 6.82. The van der Waals surface area contributed by atoms with Crippen LogP contribution in [0.4, 0.5) is 0 Å². The third-order valence-corrected chi connectivity index (χ3v) is 6.02. The van der Waals surface area contributed by atoms with Crippen LogP contribution in [0.5, 0.6) is 0 Å². The molecular weight excluding hydrogens is 362 g/mol. The average Bonchev–Trinajstić information content (AvgIpc) is 3.32. The van der Waals surface area contributed by atoms with Crippen LogP contribution in [0.25, 0.3) is 10.6 Å². The predicted octanol–water partition coefficient (Wildman–Crippen LogP) is 3.60. The number of hydrogen-bond donors (Lipinski definition) is 2. The van der Waals surface area contributed by atoms with Gasteiger partial charge in [-0.2, -0.15) is 0 Å². The second-order valence-corrected chi connectivity index (χ2v) is 7.95. The third-order valence-electron chi connectivity index (χ3n) is 6.02. The van der Waals surface area contributed by atoms with Crippen molar-refractivity contribution >= 4 is 0 Å². The van der Waals surface area contributed by atoms with Crippen molar-refractivity contribution < 1.29 is 19.5 Å². The third kappa shape index (κ3) is 8.18. The molecule has 0 aromatic heterocycles. The summed E-state index contributed by atoms with van der Waals surface area (Å²) in [5.41, 5.74) is 0. The summed E-state index contributed by atoms with van der Waals surface area (Å²) in [6, 6.07) is 1.41. The Hall–Kier alpha value is 0.203. The Labute approximate surface area is 167 Å². The first-order valence-electron chi connectivity index (χ1n) is 10.3. The van der Waals surface area contributed by atoms with Crippen molar-refractivity contribution in [3.8, 4) is 0 Å². The summed E-state index contributed by atoms with van der Waals surface area (Å²) in [5, 5.41) is 16.0. The van der Waals surface area contributed by atoms with Crippen LogP contribution in [-0.2, 0) is 19.5 Å². The van der Waals surface area contributed by atoms with Crippen LogP contribution < -0.4 is 10.6 Å². The average molecular weight is 398 g/mol.